The number of amides is 1. The fourth-order valence-corrected chi connectivity index (χ4v) is 5.00. The van der Waals surface area contributed by atoms with Gasteiger partial charge in [-0.3, -0.25) is 9.69 Å². The number of benzene rings is 2. The molecule has 0 radical (unpaired) electrons. The van der Waals surface area contributed by atoms with Gasteiger partial charge in [0.25, 0.3) is 0 Å². The van der Waals surface area contributed by atoms with Crippen LogP contribution in [0.15, 0.2) is 60.7 Å². The smallest absolute Gasteiger partial charge is 0.231 e. The minimum absolute atomic E-state index is 0.0150. The van der Waals surface area contributed by atoms with Gasteiger partial charge < -0.3 is 10.1 Å². The summed E-state index contributed by atoms with van der Waals surface area (Å²) in [7, 11) is 0. The molecule has 2 saturated heterocycles. The molecule has 1 N–H and O–H groups in total. The first-order chi connectivity index (χ1) is 14.8. The highest BCUT2D eigenvalue weighted by Gasteiger charge is 2.38. The maximum Gasteiger partial charge on any atom is 0.231 e. The van der Waals surface area contributed by atoms with Gasteiger partial charge in [-0.2, -0.15) is 0 Å². The summed E-state index contributed by atoms with van der Waals surface area (Å²) in [5, 5.41) is 12.7. The molecule has 2 aliphatic heterocycles. The predicted octanol–water partition coefficient (Wildman–Crippen LogP) is 4.05. The van der Waals surface area contributed by atoms with Crippen molar-refractivity contribution in [3.63, 3.8) is 0 Å². The summed E-state index contributed by atoms with van der Waals surface area (Å²) in [6, 6.07) is 21.1. The number of hydrogen-bond acceptors (Lipinski definition) is 6. The number of aromatic nitrogens is 2. The van der Waals surface area contributed by atoms with Gasteiger partial charge in [0, 0.05) is 19.7 Å². The van der Waals surface area contributed by atoms with Gasteiger partial charge in [0.15, 0.2) is 0 Å². The molecule has 1 aromatic heterocycles. The Morgan fingerprint density at radius 2 is 1.70 bits per heavy atom. The third-order valence-corrected chi connectivity index (χ3v) is 6.68. The molecular formula is C23H24N4O2S. The standard InChI is InChI=1S/C23H24N4O2S/c28-21(24-23-26-25-22(30-23)19-12-7-13-29-19)18-14-27(15-18)20(16-8-3-1-4-9-16)17-10-5-2-6-11-17/h1-6,8-11,18-20H,7,12-15H2,(H,24,26,28)/t19-/m1/s1. The maximum atomic E-state index is 12.7. The van der Waals surface area contributed by atoms with Crippen LogP contribution < -0.4 is 5.32 Å². The van der Waals surface area contributed by atoms with Gasteiger partial charge in [-0.15, -0.1) is 10.2 Å². The van der Waals surface area contributed by atoms with Crippen LogP contribution in [0.1, 0.15) is 41.1 Å². The number of ether oxygens (including phenoxy) is 1. The van der Waals surface area contributed by atoms with Crippen molar-refractivity contribution in [1.82, 2.24) is 15.1 Å². The second-order valence-electron chi connectivity index (χ2n) is 7.81. The molecule has 1 atom stereocenters. The average Bonchev–Trinajstić information content (AvgIpc) is 3.43. The Bertz CT molecular complexity index is 943. The number of nitrogens with one attached hydrogen (secondary N) is 1. The van der Waals surface area contributed by atoms with Crippen molar-refractivity contribution >= 4 is 22.4 Å². The Hall–Kier alpha value is -2.61. The van der Waals surface area contributed by atoms with Crippen LogP contribution in [-0.4, -0.2) is 40.7 Å². The Morgan fingerprint density at radius 1 is 1.03 bits per heavy atom. The van der Waals surface area contributed by atoms with Gasteiger partial charge in [0.1, 0.15) is 11.1 Å². The molecule has 3 aromatic rings. The molecule has 1 amide bonds. The van der Waals surface area contributed by atoms with Crippen LogP contribution >= 0.6 is 11.3 Å². The first-order valence-electron chi connectivity index (χ1n) is 10.4. The van der Waals surface area contributed by atoms with Crippen LogP contribution in [0.4, 0.5) is 5.13 Å². The second-order valence-corrected chi connectivity index (χ2v) is 8.82. The molecule has 2 aromatic carbocycles. The first-order valence-corrected chi connectivity index (χ1v) is 11.2. The molecule has 0 unspecified atom stereocenters. The highest BCUT2D eigenvalue weighted by Crippen LogP contribution is 2.35. The third-order valence-electron chi connectivity index (χ3n) is 5.75. The largest absolute Gasteiger partial charge is 0.371 e. The Balaban J connectivity index is 1.23. The van der Waals surface area contributed by atoms with E-state index in [0.717, 1.165) is 37.5 Å². The summed E-state index contributed by atoms with van der Waals surface area (Å²) < 4.78 is 5.65. The van der Waals surface area contributed by atoms with Crippen molar-refractivity contribution in [3.8, 4) is 0 Å². The molecule has 0 spiro atoms. The van der Waals surface area contributed by atoms with Gasteiger partial charge in [0.2, 0.25) is 11.0 Å². The molecular weight excluding hydrogens is 396 g/mol. The predicted molar refractivity (Wildman–Crippen MR) is 116 cm³/mol. The molecule has 154 valence electrons. The topological polar surface area (TPSA) is 67.3 Å². The summed E-state index contributed by atoms with van der Waals surface area (Å²) in [5.74, 6) is -0.0313. The van der Waals surface area contributed by atoms with Gasteiger partial charge in [0.05, 0.1) is 12.0 Å². The zero-order chi connectivity index (χ0) is 20.3. The Kier molecular flexibility index (Phi) is 5.57. The summed E-state index contributed by atoms with van der Waals surface area (Å²) in [6.07, 6.45) is 2.05. The Morgan fingerprint density at radius 3 is 2.30 bits per heavy atom. The third kappa shape index (κ3) is 4.01. The number of nitrogens with zero attached hydrogens (tertiary/aromatic N) is 3. The first kappa shape index (κ1) is 19.4. The van der Waals surface area contributed by atoms with E-state index in [1.807, 2.05) is 12.1 Å². The quantitative estimate of drug-likeness (QED) is 0.652. The molecule has 6 nitrogen and oxygen atoms in total. The van der Waals surface area contributed by atoms with E-state index in [2.05, 4.69) is 68.9 Å². The lowest BCUT2D eigenvalue weighted by molar-refractivity contribution is -0.125. The zero-order valence-corrected chi connectivity index (χ0v) is 17.4. The average molecular weight is 421 g/mol. The number of rotatable bonds is 6. The van der Waals surface area contributed by atoms with Gasteiger partial charge in [-0.05, 0) is 24.0 Å². The SMILES string of the molecule is O=C(Nc1nnc([C@H]2CCCO2)s1)C1CN(C(c2ccccc2)c2ccccc2)C1. The molecule has 3 heterocycles. The van der Waals surface area contributed by atoms with Crippen molar-refractivity contribution in [3.05, 3.63) is 76.8 Å². The maximum absolute atomic E-state index is 12.7. The van der Waals surface area contributed by atoms with E-state index in [1.54, 1.807) is 0 Å². The number of carbonyl (C=O) groups is 1. The lowest BCUT2D eigenvalue weighted by atomic mass is 9.90. The fraction of sp³-hybridized carbons (Fsp3) is 0.348. The van der Waals surface area contributed by atoms with E-state index < -0.39 is 0 Å². The van der Waals surface area contributed by atoms with Crippen LogP contribution in [0.3, 0.4) is 0 Å². The van der Waals surface area contributed by atoms with Crippen LogP contribution in [0, 0.1) is 5.92 Å². The molecule has 0 saturated carbocycles. The lowest BCUT2D eigenvalue weighted by Gasteiger charge is -2.43. The number of carbonyl (C=O) groups excluding carboxylic acids is 1. The van der Waals surface area contributed by atoms with E-state index in [4.69, 9.17) is 4.74 Å². The molecule has 0 bridgehead atoms. The van der Waals surface area contributed by atoms with Crippen molar-refractivity contribution in [1.29, 1.82) is 0 Å². The van der Waals surface area contributed by atoms with E-state index in [-0.39, 0.29) is 24.0 Å². The van der Waals surface area contributed by atoms with E-state index in [9.17, 15) is 4.79 Å². The molecule has 5 rings (SSSR count). The van der Waals surface area contributed by atoms with Crippen LogP contribution in [0.5, 0.6) is 0 Å². The van der Waals surface area contributed by atoms with Crippen LogP contribution in [0.2, 0.25) is 0 Å². The normalized spacial score (nSPS) is 19.7. The fourth-order valence-electron chi connectivity index (χ4n) is 4.17. The monoisotopic (exact) mass is 420 g/mol. The summed E-state index contributed by atoms with van der Waals surface area (Å²) in [4.78, 5) is 15.1. The van der Waals surface area contributed by atoms with Crippen molar-refractivity contribution < 1.29 is 9.53 Å². The Labute approximate surface area is 179 Å². The van der Waals surface area contributed by atoms with E-state index >= 15 is 0 Å². The molecule has 0 aliphatic carbocycles. The molecule has 2 fully saturated rings. The second kappa shape index (κ2) is 8.63. The van der Waals surface area contributed by atoms with Crippen LogP contribution in [0.25, 0.3) is 0 Å². The number of hydrogen-bond donors (Lipinski definition) is 1. The summed E-state index contributed by atoms with van der Waals surface area (Å²) in [5.41, 5.74) is 2.49. The highest BCUT2D eigenvalue weighted by atomic mass is 32.1. The lowest BCUT2D eigenvalue weighted by Crippen LogP contribution is -2.53. The summed E-state index contributed by atoms with van der Waals surface area (Å²) >= 11 is 1.42. The molecule has 30 heavy (non-hydrogen) atoms. The number of anilines is 1. The highest BCUT2D eigenvalue weighted by molar-refractivity contribution is 7.15. The minimum Gasteiger partial charge on any atom is -0.371 e. The molecule has 2 aliphatic rings. The van der Waals surface area contributed by atoms with Crippen molar-refractivity contribution in [2.24, 2.45) is 5.92 Å². The van der Waals surface area contributed by atoms with Gasteiger partial charge >= 0.3 is 0 Å². The zero-order valence-electron chi connectivity index (χ0n) is 16.6. The van der Waals surface area contributed by atoms with Crippen molar-refractivity contribution in [2.75, 3.05) is 25.0 Å². The van der Waals surface area contributed by atoms with Crippen LogP contribution in [-0.2, 0) is 9.53 Å². The van der Waals surface area contributed by atoms with Crippen molar-refractivity contribution in [2.45, 2.75) is 25.0 Å². The van der Waals surface area contributed by atoms with Gasteiger partial charge in [-0.25, -0.2) is 0 Å². The van der Waals surface area contributed by atoms with Gasteiger partial charge in [-0.1, -0.05) is 72.0 Å². The van der Waals surface area contributed by atoms with E-state index in [0.29, 0.717) is 5.13 Å². The molecule has 7 heteroatoms. The van der Waals surface area contributed by atoms with E-state index in [1.165, 1.54) is 22.5 Å². The summed E-state index contributed by atoms with van der Waals surface area (Å²) in [6.45, 7) is 2.21. The number of likely N-dealkylation sites (tertiary alicyclic amines) is 1. The minimum atomic E-state index is -0.0463.